The lowest BCUT2D eigenvalue weighted by atomic mass is 10.3. The molecular weight excluding hydrogens is 256 g/mol. The molecule has 3 rings (SSSR count). The van der Waals surface area contributed by atoms with Crippen molar-refractivity contribution in [2.75, 3.05) is 6.54 Å². The van der Waals surface area contributed by atoms with E-state index in [0.29, 0.717) is 6.54 Å². The Hall–Kier alpha value is -1.72. The van der Waals surface area contributed by atoms with Gasteiger partial charge in [-0.05, 0) is 25.1 Å². The van der Waals surface area contributed by atoms with Gasteiger partial charge in [-0.3, -0.25) is 0 Å². The number of para-hydroxylation sites is 2. The lowest BCUT2D eigenvalue weighted by Gasteiger charge is -1.98. The number of benzene rings is 1. The quantitative estimate of drug-likeness (QED) is 0.794. The van der Waals surface area contributed by atoms with Gasteiger partial charge in [0.1, 0.15) is 5.69 Å². The highest BCUT2D eigenvalue weighted by molar-refractivity contribution is 7.09. The molecule has 5 heteroatoms. The molecule has 0 atom stereocenters. The van der Waals surface area contributed by atoms with Crippen LogP contribution in [-0.2, 0) is 13.5 Å². The summed E-state index contributed by atoms with van der Waals surface area (Å²) in [7, 11) is 2.03. The van der Waals surface area contributed by atoms with Gasteiger partial charge >= 0.3 is 0 Å². The summed E-state index contributed by atoms with van der Waals surface area (Å²) in [6.07, 6.45) is 1.93. The van der Waals surface area contributed by atoms with Crippen LogP contribution in [0.15, 0.2) is 29.6 Å². The van der Waals surface area contributed by atoms with Crippen LogP contribution in [0.4, 0.5) is 0 Å². The van der Waals surface area contributed by atoms with E-state index in [9.17, 15) is 0 Å². The minimum atomic E-state index is 0.710. The van der Waals surface area contributed by atoms with Crippen molar-refractivity contribution in [2.24, 2.45) is 12.8 Å². The predicted octanol–water partition coefficient (Wildman–Crippen LogP) is 2.59. The monoisotopic (exact) mass is 272 g/mol. The molecule has 2 heterocycles. The number of hydrogen-bond donors (Lipinski definition) is 1. The van der Waals surface area contributed by atoms with Crippen LogP contribution in [0.3, 0.4) is 0 Å². The molecule has 98 valence electrons. The van der Waals surface area contributed by atoms with Gasteiger partial charge in [-0.25, -0.2) is 9.97 Å². The van der Waals surface area contributed by atoms with Gasteiger partial charge in [0, 0.05) is 18.8 Å². The van der Waals surface area contributed by atoms with E-state index in [4.69, 9.17) is 5.73 Å². The van der Waals surface area contributed by atoms with E-state index in [1.54, 1.807) is 11.3 Å². The number of nitrogens with zero attached hydrogens (tertiary/aromatic N) is 3. The van der Waals surface area contributed by atoms with E-state index in [0.717, 1.165) is 40.4 Å². The van der Waals surface area contributed by atoms with Gasteiger partial charge in [-0.2, -0.15) is 0 Å². The molecule has 2 N–H and O–H groups in total. The number of fused-ring (bicyclic) bond motifs is 1. The van der Waals surface area contributed by atoms with E-state index < -0.39 is 0 Å². The van der Waals surface area contributed by atoms with E-state index in [1.807, 2.05) is 25.2 Å². The number of nitrogens with two attached hydrogens (primary N) is 1. The summed E-state index contributed by atoms with van der Waals surface area (Å²) in [5.41, 5.74) is 8.63. The van der Waals surface area contributed by atoms with Crippen LogP contribution in [0, 0.1) is 0 Å². The Morgan fingerprint density at radius 3 is 2.89 bits per heavy atom. The molecule has 0 aliphatic rings. The second-order valence-electron chi connectivity index (χ2n) is 4.50. The maximum absolute atomic E-state index is 5.53. The molecule has 0 spiro atoms. The first-order valence-corrected chi connectivity index (χ1v) is 7.24. The largest absolute Gasteiger partial charge is 0.330 e. The topological polar surface area (TPSA) is 56.7 Å². The number of imidazole rings is 1. The van der Waals surface area contributed by atoms with E-state index in [1.165, 1.54) is 0 Å². The Morgan fingerprint density at radius 2 is 2.11 bits per heavy atom. The van der Waals surface area contributed by atoms with Crippen molar-refractivity contribution in [3.8, 4) is 11.5 Å². The molecule has 0 aliphatic heterocycles. The molecule has 0 aliphatic carbocycles. The van der Waals surface area contributed by atoms with Gasteiger partial charge in [0.2, 0.25) is 0 Å². The number of hydrogen-bond acceptors (Lipinski definition) is 4. The summed E-state index contributed by atoms with van der Waals surface area (Å²) < 4.78 is 2.09. The van der Waals surface area contributed by atoms with Gasteiger partial charge in [0.05, 0.1) is 16.0 Å². The summed E-state index contributed by atoms with van der Waals surface area (Å²) in [5.74, 6) is 0.927. The zero-order valence-corrected chi connectivity index (χ0v) is 11.7. The lowest BCUT2D eigenvalue weighted by molar-refractivity contribution is 0.825. The molecule has 4 nitrogen and oxygen atoms in total. The van der Waals surface area contributed by atoms with Crippen LogP contribution >= 0.6 is 11.3 Å². The molecule has 0 saturated heterocycles. The van der Waals surface area contributed by atoms with Crippen molar-refractivity contribution in [2.45, 2.75) is 12.8 Å². The number of aryl methyl sites for hydroxylation is 2. The molecule has 0 radical (unpaired) electrons. The van der Waals surface area contributed by atoms with Crippen LogP contribution in [0.1, 0.15) is 11.4 Å². The first-order chi connectivity index (χ1) is 9.29. The Balaban J connectivity index is 1.99. The number of rotatable bonds is 4. The van der Waals surface area contributed by atoms with Crippen molar-refractivity contribution < 1.29 is 0 Å². The Morgan fingerprint density at radius 1 is 1.26 bits per heavy atom. The van der Waals surface area contributed by atoms with Crippen molar-refractivity contribution in [3.05, 3.63) is 34.7 Å². The maximum Gasteiger partial charge on any atom is 0.160 e. The molecule has 19 heavy (non-hydrogen) atoms. The van der Waals surface area contributed by atoms with Gasteiger partial charge in [0.25, 0.3) is 0 Å². The predicted molar refractivity (Wildman–Crippen MR) is 79.2 cm³/mol. The van der Waals surface area contributed by atoms with Crippen molar-refractivity contribution in [1.82, 2.24) is 14.5 Å². The minimum absolute atomic E-state index is 0.710. The molecule has 3 aromatic rings. The zero-order valence-electron chi connectivity index (χ0n) is 10.8. The molecule has 0 bridgehead atoms. The highest BCUT2D eigenvalue weighted by Crippen LogP contribution is 2.25. The first kappa shape index (κ1) is 12.3. The van der Waals surface area contributed by atoms with E-state index in [-0.39, 0.29) is 0 Å². The fraction of sp³-hybridized carbons (Fsp3) is 0.286. The van der Waals surface area contributed by atoms with E-state index in [2.05, 4.69) is 26.0 Å². The number of thiazole rings is 1. The average Bonchev–Trinajstić information content (AvgIpc) is 3.02. The molecule has 1 aromatic carbocycles. The summed E-state index contributed by atoms with van der Waals surface area (Å²) in [6.45, 7) is 0.710. The van der Waals surface area contributed by atoms with Gasteiger partial charge in [0.15, 0.2) is 5.82 Å². The van der Waals surface area contributed by atoms with Crippen LogP contribution < -0.4 is 5.73 Å². The Kier molecular flexibility index (Phi) is 3.31. The molecule has 0 amide bonds. The third-order valence-corrected chi connectivity index (χ3v) is 4.07. The van der Waals surface area contributed by atoms with Crippen molar-refractivity contribution >= 4 is 22.4 Å². The minimum Gasteiger partial charge on any atom is -0.330 e. The number of aromatic nitrogens is 3. The lowest BCUT2D eigenvalue weighted by Crippen LogP contribution is -2.00. The molecule has 0 fully saturated rings. The molecule has 0 unspecified atom stereocenters. The highest BCUT2D eigenvalue weighted by Gasteiger charge is 2.12. The van der Waals surface area contributed by atoms with Crippen molar-refractivity contribution in [3.63, 3.8) is 0 Å². The average molecular weight is 272 g/mol. The van der Waals surface area contributed by atoms with Crippen LogP contribution in [0.5, 0.6) is 0 Å². The third kappa shape index (κ3) is 2.27. The van der Waals surface area contributed by atoms with Gasteiger partial charge in [-0.15, -0.1) is 11.3 Å². The summed E-state index contributed by atoms with van der Waals surface area (Å²) >= 11 is 1.68. The van der Waals surface area contributed by atoms with Crippen molar-refractivity contribution in [1.29, 1.82) is 0 Å². The highest BCUT2D eigenvalue weighted by atomic mass is 32.1. The fourth-order valence-electron chi connectivity index (χ4n) is 2.16. The SMILES string of the molecule is Cn1c(-c2csc(CCCN)n2)nc2ccccc21. The zero-order chi connectivity index (χ0) is 13.2. The fourth-order valence-corrected chi connectivity index (χ4v) is 2.98. The Labute approximate surface area is 115 Å². The smallest absolute Gasteiger partial charge is 0.160 e. The molecule has 0 saturated carbocycles. The van der Waals surface area contributed by atoms with Crippen LogP contribution in [-0.4, -0.2) is 21.1 Å². The normalized spacial score (nSPS) is 11.3. The Bertz CT molecular complexity index is 698. The van der Waals surface area contributed by atoms with E-state index >= 15 is 0 Å². The van der Waals surface area contributed by atoms with Crippen LogP contribution in [0.2, 0.25) is 0 Å². The second kappa shape index (κ2) is 5.11. The summed E-state index contributed by atoms with van der Waals surface area (Å²) in [5, 5.41) is 3.21. The molecule has 2 aromatic heterocycles. The third-order valence-electron chi connectivity index (χ3n) is 3.16. The summed E-state index contributed by atoms with van der Waals surface area (Å²) in [4.78, 5) is 9.31. The molecular formula is C14H16N4S. The van der Waals surface area contributed by atoms with Gasteiger partial charge < -0.3 is 10.3 Å². The first-order valence-electron chi connectivity index (χ1n) is 6.36. The standard InChI is InChI=1S/C14H16N4S/c1-18-12-6-3-2-5-10(12)17-14(18)11-9-19-13(16-11)7-4-8-15/h2-3,5-6,9H,4,7-8,15H2,1H3. The van der Waals surface area contributed by atoms with Crippen LogP contribution in [0.25, 0.3) is 22.6 Å². The van der Waals surface area contributed by atoms with Gasteiger partial charge in [-0.1, -0.05) is 12.1 Å². The maximum atomic E-state index is 5.53. The summed E-state index contributed by atoms with van der Waals surface area (Å²) in [6, 6.07) is 8.14. The second-order valence-corrected chi connectivity index (χ2v) is 5.44.